The van der Waals surface area contributed by atoms with Gasteiger partial charge in [0.2, 0.25) is 9.05 Å². The van der Waals surface area contributed by atoms with Crippen molar-refractivity contribution in [2.45, 2.75) is 19.2 Å². The zero-order valence-electron chi connectivity index (χ0n) is 10.1. The number of aryl methyl sites for hydroxylation is 1. The highest BCUT2D eigenvalue weighted by molar-refractivity contribution is 8.13. The van der Waals surface area contributed by atoms with Crippen LogP contribution in [0.4, 0.5) is 0 Å². The highest BCUT2D eigenvalue weighted by Crippen LogP contribution is 2.26. The lowest BCUT2D eigenvalue weighted by Crippen LogP contribution is -2.11. The molecule has 6 heteroatoms. The largest absolute Gasteiger partial charge is 0.507 e. The molecule has 0 fully saturated rings. The van der Waals surface area contributed by atoms with Crippen LogP contribution in [0.15, 0.2) is 12.1 Å². The molecule has 0 aliphatic rings. The molecule has 0 spiro atoms. The van der Waals surface area contributed by atoms with Crippen LogP contribution in [0, 0.1) is 6.92 Å². The van der Waals surface area contributed by atoms with E-state index in [0.29, 0.717) is 23.2 Å². The molecule has 4 nitrogen and oxygen atoms in total. The van der Waals surface area contributed by atoms with Crippen molar-refractivity contribution < 1.29 is 13.5 Å². The van der Waals surface area contributed by atoms with Crippen molar-refractivity contribution >= 4 is 19.7 Å². The first-order chi connectivity index (χ1) is 7.69. The second-order valence-electron chi connectivity index (χ2n) is 4.34. The molecule has 0 aliphatic carbocycles. The Labute approximate surface area is 106 Å². The summed E-state index contributed by atoms with van der Waals surface area (Å²) < 4.78 is 22.0. The molecule has 0 saturated carbocycles. The normalized spacial score (nSPS) is 12.1. The Balaban J connectivity index is 3.14. The highest BCUT2D eigenvalue weighted by atomic mass is 35.7. The number of halogens is 1. The number of aromatic hydroxyl groups is 1. The van der Waals surface area contributed by atoms with E-state index >= 15 is 0 Å². The summed E-state index contributed by atoms with van der Waals surface area (Å²) in [5.41, 5.74) is 1.94. The third-order valence-electron chi connectivity index (χ3n) is 2.26. The van der Waals surface area contributed by atoms with Gasteiger partial charge in [-0.2, -0.15) is 0 Å². The summed E-state index contributed by atoms with van der Waals surface area (Å²) in [5.74, 6) is -0.0229. The van der Waals surface area contributed by atoms with Gasteiger partial charge in [0.15, 0.2) is 0 Å². The average Bonchev–Trinajstić information content (AvgIpc) is 2.09. The van der Waals surface area contributed by atoms with Crippen LogP contribution in [0.5, 0.6) is 5.75 Å². The fourth-order valence-corrected chi connectivity index (χ4v) is 2.62. The summed E-state index contributed by atoms with van der Waals surface area (Å²) in [4.78, 5) is 1.90. The van der Waals surface area contributed by atoms with Gasteiger partial charge in [0.05, 0.1) is 5.75 Å². The van der Waals surface area contributed by atoms with Gasteiger partial charge in [0.1, 0.15) is 5.75 Å². The first-order valence-electron chi connectivity index (χ1n) is 5.07. The number of phenols is 1. The fraction of sp³-hybridized carbons (Fsp3) is 0.455. The van der Waals surface area contributed by atoms with Gasteiger partial charge in [-0.05, 0) is 38.2 Å². The molecule has 0 bridgehead atoms. The maximum absolute atomic E-state index is 11.0. The van der Waals surface area contributed by atoms with Crippen LogP contribution in [-0.4, -0.2) is 32.5 Å². The van der Waals surface area contributed by atoms with Gasteiger partial charge in [-0.25, -0.2) is 8.42 Å². The molecule has 1 N–H and O–H groups in total. The molecule has 0 heterocycles. The summed E-state index contributed by atoms with van der Waals surface area (Å²) >= 11 is 0. The quantitative estimate of drug-likeness (QED) is 0.853. The number of nitrogens with zero attached hydrogens (tertiary/aromatic N) is 1. The van der Waals surface area contributed by atoms with Gasteiger partial charge in [0, 0.05) is 22.8 Å². The predicted octanol–water partition coefficient (Wildman–Crippen LogP) is 1.83. The third-order valence-corrected chi connectivity index (χ3v) is 3.27. The van der Waals surface area contributed by atoms with Crippen molar-refractivity contribution in [2.24, 2.45) is 0 Å². The minimum absolute atomic E-state index is 0.203. The van der Waals surface area contributed by atoms with Crippen molar-refractivity contribution in [3.8, 4) is 5.75 Å². The van der Waals surface area contributed by atoms with Crippen molar-refractivity contribution in [1.29, 1.82) is 0 Å². The topological polar surface area (TPSA) is 57.6 Å². The van der Waals surface area contributed by atoms with E-state index in [-0.39, 0.29) is 11.5 Å². The molecule has 0 unspecified atom stereocenters. The molecule has 0 saturated heterocycles. The van der Waals surface area contributed by atoms with Gasteiger partial charge >= 0.3 is 0 Å². The van der Waals surface area contributed by atoms with Crippen molar-refractivity contribution in [3.05, 3.63) is 28.8 Å². The van der Waals surface area contributed by atoms with Crippen LogP contribution in [0.2, 0.25) is 0 Å². The summed E-state index contributed by atoms with van der Waals surface area (Å²) in [6.07, 6.45) is 0. The number of hydrogen-bond acceptors (Lipinski definition) is 4. The minimum Gasteiger partial charge on any atom is -0.507 e. The average molecular weight is 278 g/mol. The van der Waals surface area contributed by atoms with Gasteiger partial charge < -0.3 is 10.0 Å². The van der Waals surface area contributed by atoms with E-state index in [9.17, 15) is 13.5 Å². The van der Waals surface area contributed by atoms with E-state index in [1.54, 1.807) is 19.1 Å². The number of hydrogen-bond donors (Lipinski definition) is 1. The van der Waals surface area contributed by atoms with Gasteiger partial charge in [-0.1, -0.05) is 6.07 Å². The molecule has 17 heavy (non-hydrogen) atoms. The molecule has 0 atom stereocenters. The number of phenolic OH excluding ortho intramolecular Hbond substituents is 1. The van der Waals surface area contributed by atoms with E-state index in [0.717, 1.165) is 0 Å². The Morgan fingerprint density at radius 1 is 1.35 bits per heavy atom. The second kappa shape index (κ2) is 5.25. The fourth-order valence-electron chi connectivity index (χ4n) is 1.68. The molecule has 1 rings (SSSR count). The monoisotopic (exact) mass is 277 g/mol. The van der Waals surface area contributed by atoms with Crippen LogP contribution < -0.4 is 0 Å². The molecule has 0 radical (unpaired) electrons. The molecular formula is C11H16ClNO3S. The molecule has 96 valence electrons. The van der Waals surface area contributed by atoms with Gasteiger partial charge in [-0.15, -0.1) is 0 Å². The lowest BCUT2D eigenvalue weighted by atomic mass is 10.1. The van der Waals surface area contributed by atoms with E-state index < -0.39 is 9.05 Å². The van der Waals surface area contributed by atoms with E-state index in [2.05, 4.69) is 0 Å². The summed E-state index contributed by atoms with van der Waals surface area (Å²) in [6, 6.07) is 3.30. The Hall–Kier alpha value is -0.780. The van der Waals surface area contributed by atoms with Crippen LogP contribution in [0.1, 0.15) is 16.7 Å². The van der Waals surface area contributed by atoms with Crippen molar-refractivity contribution in [2.75, 3.05) is 14.1 Å². The van der Waals surface area contributed by atoms with Crippen LogP contribution in [0.3, 0.4) is 0 Å². The predicted molar refractivity (Wildman–Crippen MR) is 68.7 cm³/mol. The zero-order valence-corrected chi connectivity index (χ0v) is 11.6. The third kappa shape index (κ3) is 4.53. The minimum atomic E-state index is -3.58. The lowest BCUT2D eigenvalue weighted by Gasteiger charge is -2.14. The molecular weight excluding hydrogens is 262 g/mol. The molecule has 1 aromatic carbocycles. The summed E-state index contributed by atoms with van der Waals surface area (Å²) in [6.45, 7) is 2.28. The van der Waals surface area contributed by atoms with Gasteiger partial charge in [0.25, 0.3) is 0 Å². The SMILES string of the molecule is Cc1cc(CS(=O)(=O)Cl)cc(CN(C)C)c1O. The van der Waals surface area contributed by atoms with E-state index in [1.807, 2.05) is 19.0 Å². The van der Waals surface area contributed by atoms with Crippen molar-refractivity contribution in [3.63, 3.8) is 0 Å². The maximum Gasteiger partial charge on any atom is 0.236 e. The first kappa shape index (κ1) is 14.3. The summed E-state index contributed by atoms with van der Waals surface area (Å²) in [5, 5.41) is 9.86. The van der Waals surface area contributed by atoms with Crippen LogP contribution in [-0.2, 0) is 21.3 Å². The highest BCUT2D eigenvalue weighted by Gasteiger charge is 2.12. The van der Waals surface area contributed by atoms with E-state index in [4.69, 9.17) is 10.7 Å². The van der Waals surface area contributed by atoms with E-state index in [1.165, 1.54) is 0 Å². The molecule has 0 aliphatic heterocycles. The molecule has 0 aromatic heterocycles. The lowest BCUT2D eigenvalue weighted by molar-refractivity contribution is 0.384. The second-order valence-corrected chi connectivity index (χ2v) is 7.12. The Bertz CT molecular complexity index is 512. The zero-order chi connectivity index (χ0) is 13.2. The Morgan fingerprint density at radius 2 is 1.94 bits per heavy atom. The molecule has 0 amide bonds. The smallest absolute Gasteiger partial charge is 0.236 e. The van der Waals surface area contributed by atoms with Crippen LogP contribution >= 0.6 is 10.7 Å². The van der Waals surface area contributed by atoms with Crippen molar-refractivity contribution in [1.82, 2.24) is 4.90 Å². The Kier molecular flexibility index (Phi) is 4.41. The van der Waals surface area contributed by atoms with Gasteiger partial charge in [-0.3, -0.25) is 0 Å². The molecule has 1 aromatic rings. The first-order valence-corrected chi connectivity index (χ1v) is 7.55. The Morgan fingerprint density at radius 3 is 2.41 bits per heavy atom. The number of rotatable bonds is 4. The maximum atomic E-state index is 11.0. The standard InChI is InChI=1S/C11H16ClNO3S/c1-8-4-9(7-17(12,15)16)5-10(11(8)14)6-13(2)3/h4-5,14H,6-7H2,1-3H3. The van der Waals surface area contributed by atoms with Crippen LogP contribution in [0.25, 0.3) is 0 Å². The summed E-state index contributed by atoms with van der Waals surface area (Å²) in [7, 11) is 5.39. The number of benzene rings is 1.